The van der Waals surface area contributed by atoms with Gasteiger partial charge >= 0.3 is 23.9 Å². The molecule has 146 valence electrons. The molecule has 9 heteroatoms. The number of ether oxygens (including phenoxy) is 5. The smallest absolute Gasteiger partial charge is 0.344 e. The third-order valence-corrected chi connectivity index (χ3v) is 4.57. The van der Waals surface area contributed by atoms with E-state index in [0.717, 1.165) is 0 Å². The molecule has 27 heavy (non-hydrogen) atoms. The van der Waals surface area contributed by atoms with Gasteiger partial charge in [0.15, 0.2) is 18.8 Å². The summed E-state index contributed by atoms with van der Waals surface area (Å²) in [5.41, 5.74) is 0.778. The number of rotatable bonds is 7. The zero-order chi connectivity index (χ0) is 19.9. The Bertz CT molecular complexity index is 724. The quantitative estimate of drug-likeness (QED) is 0.262. The Labute approximate surface area is 155 Å². The molecule has 0 aromatic rings. The molecule has 0 aromatic carbocycles. The Morgan fingerprint density at radius 2 is 1.74 bits per heavy atom. The van der Waals surface area contributed by atoms with E-state index in [2.05, 4.69) is 13.2 Å². The second-order valence-corrected chi connectivity index (χ2v) is 6.89. The van der Waals surface area contributed by atoms with Crippen LogP contribution >= 0.6 is 0 Å². The highest BCUT2D eigenvalue weighted by Gasteiger charge is 2.72. The standard InChI is InChI=1S/C18H20O9/c1-7(2)5-23-17(21)10-11-13-15(27-18(11)22)14(12(10)26-13)25-9(19)6-24-16(20)8(3)4/h10-15H,1,3,5-6H2,2,4H3. The lowest BCUT2D eigenvalue weighted by molar-refractivity contribution is -0.169. The van der Waals surface area contributed by atoms with Gasteiger partial charge in [0.1, 0.15) is 30.7 Å². The fourth-order valence-electron chi connectivity index (χ4n) is 3.46. The average Bonchev–Trinajstić information content (AvgIpc) is 3.20. The Hall–Kier alpha value is -2.68. The summed E-state index contributed by atoms with van der Waals surface area (Å²) in [6.45, 7) is 9.57. The molecular formula is C18H20O9. The maximum atomic E-state index is 12.4. The number of hydrogen-bond acceptors (Lipinski definition) is 9. The maximum Gasteiger partial charge on any atom is 0.344 e. The summed E-state index contributed by atoms with van der Waals surface area (Å²) in [6, 6.07) is 0. The second kappa shape index (κ2) is 7.15. The summed E-state index contributed by atoms with van der Waals surface area (Å²) in [5, 5.41) is 0. The van der Waals surface area contributed by atoms with E-state index in [0.29, 0.717) is 5.57 Å². The van der Waals surface area contributed by atoms with Crippen LogP contribution in [0.5, 0.6) is 0 Å². The van der Waals surface area contributed by atoms with Crippen LogP contribution in [0.25, 0.3) is 0 Å². The van der Waals surface area contributed by atoms with Crippen molar-refractivity contribution in [3.63, 3.8) is 0 Å². The predicted octanol–water partition coefficient (Wildman–Crippen LogP) is 0.0756. The summed E-state index contributed by atoms with van der Waals surface area (Å²) in [7, 11) is 0. The molecule has 3 heterocycles. The topological polar surface area (TPSA) is 114 Å². The molecule has 0 N–H and O–H groups in total. The van der Waals surface area contributed by atoms with Crippen molar-refractivity contribution in [1.29, 1.82) is 0 Å². The number of carbonyl (C=O) groups excluding carboxylic acids is 4. The number of esters is 4. The zero-order valence-corrected chi connectivity index (χ0v) is 15.0. The van der Waals surface area contributed by atoms with E-state index in [4.69, 9.17) is 23.7 Å². The molecule has 3 saturated heterocycles. The highest BCUT2D eigenvalue weighted by Crippen LogP contribution is 2.51. The molecule has 0 saturated carbocycles. The minimum Gasteiger partial charge on any atom is -0.461 e. The Morgan fingerprint density at radius 1 is 1.04 bits per heavy atom. The van der Waals surface area contributed by atoms with Crippen LogP contribution in [0.4, 0.5) is 0 Å². The van der Waals surface area contributed by atoms with Crippen molar-refractivity contribution in [2.24, 2.45) is 11.8 Å². The Balaban J connectivity index is 1.67. The SMILES string of the molecule is C=C(C)COC(=O)C1C2OC3C(OC(=O)C31)C2OC(=O)COC(=O)C(=C)C. The summed E-state index contributed by atoms with van der Waals surface area (Å²) >= 11 is 0. The molecule has 6 atom stereocenters. The molecule has 0 amide bonds. The van der Waals surface area contributed by atoms with Gasteiger partial charge in [-0.05, 0) is 19.4 Å². The lowest BCUT2D eigenvalue weighted by Gasteiger charge is -2.27. The van der Waals surface area contributed by atoms with Crippen LogP contribution in [-0.2, 0) is 42.9 Å². The highest BCUT2D eigenvalue weighted by atomic mass is 16.7. The molecule has 0 aliphatic carbocycles. The Morgan fingerprint density at radius 3 is 2.37 bits per heavy atom. The summed E-state index contributed by atoms with van der Waals surface area (Å²) in [6.07, 6.45) is -3.31. The number of fused-ring (bicyclic) bond motifs is 1. The summed E-state index contributed by atoms with van der Waals surface area (Å²) in [5.74, 6) is -4.52. The third-order valence-electron chi connectivity index (χ3n) is 4.57. The van der Waals surface area contributed by atoms with E-state index in [1.165, 1.54) is 6.92 Å². The van der Waals surface area contributed by atoms with Gasteiger partial charge in [-0.2, -0.15) is 0 Å². The van der Waals surface area contributed by atoms with Gasteiger partial charge in [-0.15, -0.1) is 0 Å². The van der Waals surface area contributed by atoms with Crippen LogP contribution < -0.4 is 0 Å². The largest absolute Gasteiger partial charge is 0.461 e. The van der Waals surface area contributed by atoms with Crippen molar-refractivity contribution in [2.45, 2.75) is 38.3 Å². The lowest BCUT2D eigenvalue weighted by Crippen LogP contribution is -2.48. The van der Waals surface area contributed by atoms with E-state index in [1.807, 2.05) is 0 Å². The van der Waals surface area contributed by atoms with E-state index < -0.39 is 66.7 Å². The molecule has 3 fully saturated rings. The van der Waals surface area contributed by atoms with Gasteiger partial charge < -0.3 is 23.7 Å². The summed E-state index contributed by atoms with van der Waals surface area (Å²) < 4.78 is 26.1. The first kappa shape index (κ1) is 19.1. The van der Waals surface area contributed by atoms with Gasteiger partial charge in [0.25, 0.3) is 0 Å². The number of hydrogen-bond donors (Lipinski definition) is 0. The first-order chi connectivity index (χ1) is 12.7. The molecule has 6 unspecified atom stereocenters. The van der Waals surface area contributed by atoms with Crippen LogP contribution in [0.2, 0.25) is 0 Å². The van der Waals surface area contributed by atoms with Crippen molar-refractivity contribution in [3.05, 3.63) is 24.3 Å². The first-order valence-electron chi connectivity index (χ1n) is 8.39. The van der Waals surface area contributed by atoms with E-state index in [1.54, 1.807) is 6.92 Å². The van der Waals surface area contributed by atoms with E-state index in [9.17, 15) is 19.2 Å². The average molecular weight is 380 g/mol. The minimum absolute atomic E-state index is 0.0131. The second-order valence-electron chi connectivity index (χ2n) is 6.89. The lowest BCUT2D eigenvalue weighted by atomic mass is 9.78. The number of carbonyl (C=O) groups is 4. The third kappa shape index (κ3) is 3.46. The molecule has 0 spiro atoms. The van der Waals surface area contributed by atoms with Crippen molar-refractivity contribution in [1.82, 2.24) is 0 Å². The van der Waals surface area contributed by atoms with E-state index >= 15 is 0 Å². The summed E-state index contributed by atoms with van der Waals surface area (Å²) in [4.78, 5) is 47.9. The molecule has 3 aliphatic rings. The van der Waals surface area contributed by atoms with Gasteiger partial charge in [-0.25, -0.2) is 9.59 Å². The fourth-order valence-corrected chi connectivity index (χ4v) is 3.46. The normalized spacial score (nSPS) is 32.6. The maximum absolute atomic E-state index is 12.4. The molecular weight excluding hydrogens is 360 g/mol. The minimum atomic E-state index is -0.976. The van der Waals surface area contributed by atoms with Crippen LogP contribution in [-0.4, -0.2) is 61.5 Å². The molecule has 0 radical (unpaired) electrons. The molecule has 3 rings (SSSR count). The van der Waals surface area contributed by atoms with Crippen molar-refractivity contribution < 1.29 is 42.9 Å². The van der Waals surface area contributed by atoms with Crippen molar-refractivity contribution in [2.75, 3.05) is 13.2 Å². The van der Waals surface area contributed by atoms with E-state index in [-0.39, 0.29) is 12.2 Å². The molecule has 0 aromatic heterocycles. The Kier molecular flexibility index (Phi) is 5.05. The predicted molar refractivity (Wildman–Crippen MR) is 86.9 cm³/mol. The van der Waals surface area contributed by atoms with Gasteiger partial charge in [0.2, 0.25) is 0 Å². The van der Waals surface area contributed by atoms with Crippen LogP contribution in [0.1, 0.15) is 13.8 Å². The highest BCUT2D eigenvalue weighted by molar-refractivity contribution is 5.89. The van der Waals surface area contributed by atoms with Gasteiger partial charge in [-0.1, -0.05) is 13.2 Å². The monoisotopic (exact) mass is 380 g/mol. The van der Waals surface area contributed by atoms with Gasteiger partial charge in [0.05, 0.1) is 0 Å². The van der Waals surface area contributed by atoms with Gasteiger partial charge in [-0.3, -0.25) is 9.59 Å². The van der Waals surface area contributed by atoms with Crippen LogP contribution in [0.15, 0.2) is 24.3 Å². The molecule has 2 bridgehead atoms. The van der Waals surface area contributed by atoms with Crippen LogP contribution in [0.3, 0.4) is 0 Å². The van der Waals surface area contributed by atoms with Crippen molar-refractivity contribution >= 4 is 23.9 Å². The zero-order valence-electron chi connectivity index (χ0n) is 15.0. The molecule has 9 nitrogen and oxygen atoms in total. The molecule has 3 aliphatic heterocycles. The van der Waals surface area contributed by atoms with Crippen LogP contribution in [0, 0.1) is 11.8 Å². The van der Waals surface area contributed by atoms with Gasteiger partial charge in [0, 0.05) is 5.57 Å². The fraction of sp³-hybridized carbons (Fsp3) is 0.556. The first-order valence-corrected chi connectivity index (χ1v) is 8.39. The van der Waals surface area contributed by atoms with Crippen molar-refractivity contribution in [3.8, 4) is 0 Å².